The summed E-state index contributed by atoms with van der Waals surface area (Å²) in [7, 11) is 3.53. The highest BCUT2D eigenvalue weighted by Gasteiger charge is 2.46. The second kappa shape index (κ2) is 2.48. The van der Waals surface area contributed by atoms with E-state index in [0.29, 0.717) is 0 Å². The predicted octanol–water partition coefficient (Wildman–Crippen LogP) is 0.983. The van der Waals surface area contributed by atoms with E-state index >= 15 is 0 Å². The Morgan fingerprint density at radius 1 is 1.62 bits per heavy atom. The van der Waals surface area contributed by atoms with Crippen LogP contribution in [-0.4, -0.2) is 23.5 Å². The Kier molecular flexibility index (Phi) is 1.63. The lowest BCUT2D eigenvalue weighted by atomic mass is 10.0. The lowest BCUT2D eigenvalue weighted by molar-refractivity contribution is 0.309. The minimum Gasteiger partial charge on any atom is -0.481 e. The summed E-state index contributed by atoms with van der Waals surface area (Å²) in [5, 5.41) is 4.30. The summed E-state index contributed by atoms with van der Waals surface area (Å²) in [6, 6.07) is 0. The molecule has 0 radical (unpaired) electrons. The van der Waals surface area contributed by atoms with Crippen LogP contribution in [0.2, 0.25) is 0 Å². The van der Waals surface area contributed by atoms with Gasteiger partial charge in [-0.05, 0) is 13.8 Å². The number of ether oxygens (including phenoxy) is 2. The quantitative estimate of drug-likeness (QED) is 0.640. The molecule has 1 aliphatic heterocycles. The third kappa shape index (κ3) is 1.13. The first kappa shape index (κ1) is 8.56. The van der Waals surface area contributed by atoms with Gasteiger partial charge in [0, 0.05) is 7.05 Å². The molecule has 4 heteroatoms. The molecule has 1 aromatic rings. The molecule has 1 aliphatic rings. The largest absolute Gasteiger partial charge is 0.481 e. The lowest BCUT2D eigenvalue weighted by Gasteiger charge is -2.07. The Morgan fingerprint density at radius 2 is 2.23 bits per heavy atom. The van der Waals surface area contributed by atoms with Crippen LogP contribution in [0.15, 0.2) is 0 Å². The first-order valence-corrected chi connectivity index (χ1v) is 4.30. The Balaban J connectivity index is 2.54. The summed E-state index contributed by atoms with van der Waals surface area (Å²) in [5.74, 6) is 0.803. The molecule has 1 atom stereocenters. The van der Waals surface area contributed by atoms with Crippen molar-refractivity contribution in [2.24, 2.45) is 7.05 Å². The fraction of sp³-hybridized carbons (Fsp3) is 0.667. The van der Waals surface area contributed by atoms with Crippen molar-refractivity contribution in [3.05, 3.63) is 11.3 Å². The van der Waals surface area contributed by atoms with Gasteiger partial charge in [-0.15, -0.1) is 0 Å². The number of aromatic nitrogens is 2. The molecule has 0 aromatic carbocycles. The number of hydrogen-bond donors (Lipinski definition) is 0. The fourth-order valence-electron chi connectivity index (χ4n) is 1.73. The lowest BCUT2D eigenvalue weighted by Crippen LogP contribution is -2.06. The molecule has 0 spiro atoms. The molecular formula is C9H14N2O2. The van der Waals surface area contributed by atoms with Gasteiger partial charge in [0.15, 0.2) is 0 Å². The molecule has 13 heavy (non-hydrogen) atoms. The van der Waals surface area contributed by atoms with Crippen LogP contribution in [-0.2, 0) is 17.4 Å². The molecule has 1 aromatic heterocycles. The van der Waals surface area contributed by atoms with Crippen molar-refractivity contribution in [2.75, 3.05) is 13.7 Å². The highest BCUT2D eigenvalue weighted by molar-refractivity contribution is 5.39. The number of aryl methyl sites for hydroxylation is 2. The zero-order chi connectivity index (χ0) is 9.64. The molecule has 0 bridgehead atoms. The minimum absolute atomic E-state index is 0.163. The third-order valence-electron chi connectivity index (χ3n) is 2.47. The number of methoxy groups -OCH3 is 1. The first-order chi connectivity index (χ1) is 6.08. The molecule has 1 fully saturated rings. The van der Waals surface area contributed by atoms with E-state index in [1.807, 2.05) is 14.0 Å². The number of nitrogens with zero attached hydrogens (tertiary/aromatic N) is 2. The van der Waals surface area contributed by atoms with Crippen LogP contribution in [0, 0.1) is 6.92 Å². The molecule has 0 amide bonds. The highest BCUT2D eigenvalue weighted by atomic mass is 16.6. The topological polar surface area (TPSA) is 39.6 Å². The van der Waals surface area contributed by atoms with Crippen molar-refractivity contribution >= 4 is 0 Å². The maximum Gasteiger partial charge on any atom is 0.217 e. The van der Waals surface area contributed by atoms with Crippen molar-refractivity contribution < 1.29 is 9.47 Å². The van der Waals surface area contributed by atoms with Crippen molar-refractivity contribution in [1.29, 1.82) is 0 Å². The number of rotatable bonds is 2. The van der Waals surface area contributed by atoms with E-state index < -0.39 is 0 Å². The van der Waals surface area contributed by atoms with Crippen molar-refractivity contribution in [2.45, 2.75) is 19.4 Å². The van der Waals surface area contributed by atoms with Gasteiger partial charge in [-0.25, -0.2) is 4.68 Å². The van der Waals surface area contributed by atoms with Gasteiger partial charge in [0.25, 0.3) is 0 Å². The van der Waals surface area contributed by atoms with Gasteiger partial charge >= 0.3 is 0 Å². The fourth-order valence-corrected chi connectivity index (χ4v) is 1.73. The van der Waals surface area contributed by atoms with E-state index in [1.165, 1.54) is 0 Å². The van der Waals surface area contributed by atoms with E-state index in [2.05, 4.69) is 12.0 Å². The molecule has 0 N–H and O–H groups in total. The summed E-state index contributed by atoms with van der Waals surface area (Å²) in [6.07, 6.45) is 0. The minimum atomic E-state index is -0.163. The summed E-state index contributed by atoms with van der Waals surface area (Å²) in [4.78, 5) is 0. The molecule has 1 saturated heterocycles. The van der Waals surface area contributed by atoms with E-state index in [0.717, 1.165) is 23.7 Å². The maximum absolute atomic E-state index is 5.39. The zero-order valence-corrected chi connectivity index (χ0v) is 8.42. The monoisotopic (exact) mass is 182 g/mol. The van der Waals surface area contributed by atoms with Gasteiger partial charge < -0.3 is 9.47 Å². The van der Waals surface area contributed by atoms with Crippen molar-refractivity contribution in [1.82, 2.24) is 9.78 Å². The normalized spacial score (nSPS) is 26.2. The van der Waals surface area contributed by atoms with Crippen molar-refractivity contribution in [3.8, 4) is 5.88 Å². The summed E-state index contributed by atoms with van der Waals surface area (Å²) >= 11 is 0. The van der Waals surface area contributed by atoms with Gasteiger partial charge in [-0.1, -0.05) is 0 Å². The van der Waals surface area contributed by atoms with Gasteiger partial charge in [-0.2, -0.15) is 5.10 Å². The molecular weight excluding hydrogens is 168 g/mol. The van der Waals surface area contributed by atoms with Crippen LogP contribution in [0.4, 0.5) is 0 Å². The standard InChI is InChI=1S/C9H14N2O2/c1-6-7(9(2)5-13-9)8(12-4)11(3)10-6/h5H2,1-4H3. The zero-order valence-electron chi connectivity index (χ0n) is 8.42. The van der Waals surface area contributed by atoms with Gasteiger partial charge in [0.2, 0.25) is 5.88 Å². The maximum atomic E-state index is 5.39. The second-order valence-electron chi connectivity index (χ2n) is 3.61. The average molecular weight is 182 g/mol. The summed E-state index contributed by atoms with van der Waals surface area (Å²) < 4.78 is 12.4. The van der Waals surface area contributed by atoms with Gasteiger partial charge in [0.1, 0.15) is 5.60 Å². The summed E-state index contributed by atoms with van der Waals surface area (Å²) in [6.45, 7) is 4.79. The third-order valence-corrected chi connectivity index (χ3v) is 2.47. The Labute approximate surface area is 77.4 Å². The van der Waals surface area contributed by atoms with E-state index in [4.69, 9.17) is 9.47 Å². The van der Waals surface area contributed by atoms with Crippen LogP contribution < -0.4 is 4.74 Å². The van der Waals surface area contributed by atoms with Crippen LogP contribution in [0.3, 0.4) is 0 Å². The van der Waals surface area contributed by atoms with Crippen LogP contribution in [0.25, 0.3) is 0 Å². The summed E-state index contributed by atoms with van der Waals surface area (Å²) in [5.41, 5.74) is 1.90. The van der Waals surface area contributed by atoms with Gasteiger partial charge in [-0.3, -0.25) is 0 Å². The van der Waals surface area contributed by atoms with Crippen molar-refractivity contribution in [3.63, 3.8) is 0 Å². The number of epoxide rings is 1. The first-order valence-electron chi connectivity index (χ1n) is 4.30. The molecule has 2 rings (SSSR count). The molecule has 0 saturated carbocycles. The number of hydrogen-bond acceptors (Lipinski definition) is 3. The molecule has 72 valence electrons. The van der Waals surface area contributed by atoms with Gasteiger partial charge in [0.05, 0.1) is 25.0 Å². The van der Waals surface area contributed by atoms with Crippen LogP contribution >= 0.6 is 0 Å². The van der Waals surface area contributed by atoms with E-state index in [-0.39, 0.29) is 5.60 Å². The molecule has 0 aliphatic carbocycles. The highest BCUT2D eigenvalue weighted by Crippen LogP contribution is 2.44. The molecule has 1 unspecified atom stereocenters. The van der Waals surface area contributed by atoms with Crippen LogP contribution in [0.1, 0.15) is 18.2 Å². The smallest absolute Gasteiger partial charge is 0.217 e. The van der Waals surface area contributed by atoms with E-state index in [1.54, 1.807) is 11.8 Å². The SMILES string of the molecule is COc1c(C2(C)CO2)c(C)nn1C. The second-order valence-corrected chi connectivity index (χ2v) is 3.61. The predicted molar refractivity (Wildman–Crippen MR) is 47.8 cm³/mol. The molecule has 4 nitrogen and oxygen atoms in total. The Morgan fingerprint density at radius 3 is 2.69 bits per heavy atom. The average Bonchev–Trinajstić information content (AvgIpc) is 2.71. The Hall–Kier alpha value is -1.03. The van der Waals surface area contributed by atoms with E-state index in [9.17, 15) is 0 Å². The Bertz CT molecular complexity index is 340. The van der Waals surface area contributed by atoms with Crippen LogP contribution in [0.5, 0.6) is 5.88 Å². The molecule has 2 heterocycles.